The summed E-state index contributed by atoms with van der Waals surface area (Å²) in [6.45, 7) is -0.0309. The van der Waals surface area contributed by atoms with Crippen molar-refractivity contribution < 1.29 is 9.59 Å². The largest absolute Gasteiger partial charge is 0.294 e. The Balaban J connectivity index is 1.80. The van der Waals surface area contributed by atoms with Gasteiger partial charge in [0.2, 0.25) is 0 Å². The molecule has 1 saturated heterocycles. The monoisotopic (exact) mass is 385 g/mol. The molecule has 5 nitrogen and oxygen atoms in total. The summed E-state index contributed by atoms with van der Waals surface area (Å²) in [5, 5.41) is 4.36. The number of aromatic nitrogens is 2. The fourth-order valence-corrected chi connectivity index (χ4v) is 3.72. The third-order valence-electron chi connectivity index (χ3n) is 4.22. The highest BCUT2D eigenvalue weighted by Crippen LogP contribution is 2.34. The molecule has 0 bridgehead atoms. The molecule has 2 aromatic carbocycles. The molecule has 2 heterocycles. The molecule has 0 atom stereocenters. The Morgan fingerprint density at radius 3 is 2.39 bits per heavy atom. The van der Waals surface area contributed by atoms with Crippen molar-refractivity contribution in [2.45, 2.75) is 0 Å². The fourth-order valence-electron chi connectivity index (χ4n) is 2.90. The first-order valence-electron chi connectivity index (χ1n) is 8.56. The van der Waals surface area contributed by atoms with Gasteiger partial charge in [-0.1, -0.05) is 54.5 Å². The maximum absolute atomic E-state index is 12.5. The van der Waals surface area contributed by atoms with Crippen molar-refractivity contribution in [1.82, 2.24) is 14.7 Å². The molecule has 0 saturated carbocycles. The quantitative estimate of drug-likeness (QED) is 0.499. The zero-order chi connectivity index (χ0) is 19.5. The number of terminal acetylenes is 1. The Morgan fingerprint density at radius 2 is 1.71 bits per heavy atom. The summed E-state index contributed by atoms with van der Waals surface area (Å²) < 4.78 is 1.76. The average Bonchev–Trinajstić information content (AvgIpc) is 3.26. The van der Waals surface area contributed by atoms with Crippen molar-refractivity contribution in [3.63, 3.8) is 0 Å². The number of carbonyl (C=O) groups is 2. The third kappa shape index (κ3) is 3.36. The van der Waals surface area contributed by atoms with Crippen molar-refractivity contribution in [2.75, 3.05) is 6.54 Å². The van der Waals surface area contributed by atoms with E-state index in [1.54, 1.807) is 10.8 Å². The minimum absolute atomic E-state index is 0.0309. The van der Waals surface area contributed by atoms with Crippen molar-refractivity contribution in [1.29, 1.82) is 0 Å². The van der Waals surface area contributed by atoms with Gasteiger partial charge in [0.25, 0.3) is 11.1 Å². The van der Waals surface area contributed by atoms with Gasteiger partial charge in [-0.25, -0.2) is 4.68 Å². The lowest BCUT2D eigenvalue weighted by Gasteiger charge is -2.06. The Morgan fingerprint density at radius 1 is 1.04 bits per heavy atom. The molecule has 28 heavy (non-hydrogen) atoms. The molecular formula is C22H15N3O2S. The molecule has 4 rings (SSSR count). The summed E-state index contributed by atoms with van der Waals surface area (Å²) in [6, 6.07) is 19.4. The Hall–Kier alpha value is -3.56. The van der Waals surface area contributed by atoms with Crippen LogP contribution in [0, 0.1) is 12.3 Å². The van der Waals surface area contributed by atoms with E-state index in [0.717, 1.165) is 39.2 Å². The number of para-hydroxylation sites is 1. The number of hydrogen-bond donors (Lipinski definition) is 0. The molecule has 1 aromatic heterocycles. The third-order valence-corrected chi connectivity index (χ3v) is 5.13. The maximum Gasteiger partial charge on any atom is 0.294 e. The van der Waals surface area contributed by atoms with Crippen LogP contribution in [0.3, 0.4) is 0 Å². The number of benzene rings is 2. The number of hydrogen-bond acceptors (Lipinski definition) is 4. The van der Waals surface area contributed by atoms with Crippen LogP contribution in [-0.4, -0.2) is 32.4 Å². The predicted octanol–water partition coefficient (Wildman–Crippen LogP) is 4.21. The van der Waals surface area contributed by atoms with E-state index in [9.17, 15) is 9.59 Å². The first kappa shape index (κ1) is 17.8. The second-order valence-corrected chi connectivity index (χ2v) is 7.04. The van der Waals surface area contributed by atoms with Crippen LogP contribution in [0.1, 0.15) is 5.56 Å². The van der Waals surface area contributed by atoms with Gasteiger partial charge in [0, 0.05) is 17.3 Å². The van der Waals surface area contributed by atoms with Gasteiger partial charge in [-0.15, -0.1) is 6.42 Å². The molecule has 0 spiro atoms. The molecule has 6 heteroatoms. The highest BCUT2D eigenvalue weighted by molar-refractivity contribution is 8.18. The van der Waals surface area contributed by atoms with Gasteiger partial charge in [0.15, 0.2) is 0 Å². The van der Waals surface area contributed by atoms with E-state index < -0.39 is 0 Å². The van der Waals surface area contributed by atoms with E-state index in [0.29, 0.717) is 4.91 Å². The van der Waals surface area contributed by atoms with Crippen LogP contribution in [-0.2, 0) is 4.79 Å². The lowest BCUT2D eigenvalue weighted by Crippen LogP contribution is -2.28. The Labute approximate surface area is 166 Å². The van der Waals surface area contributed by atoms with Crippen LogP contribution in [0.2, 0.25) is 0 Å². The van der Waals surface area contributed by atoms with Crippen LogP contribution in [0.25, 0.3) is 23.0 Å². The van der Waals surface area contributed by atoms with E-state index in [2.05, 4.69) is 5.92 Å². The Kier molecular flexibility index (Phi) is 4.83. The first-order valence-corrected chi connectivity index (χ1v) is 9.38. The number of nitrogens with zero attached hydrogens (tertiary/aromatic N) is 3. The molecule has 3 aromatic rings. The van der Waals surface area contributed by atoms with E-state index in [-0.39, 0.29) is 17.7 Å². The molecule has 136 valence electrons. The van der Waals surface area contributed by atoms with Gasteiger partial charge in [-0.3, -0.25) is 14.5 Å². The van der Waals surface area contributed by atoms with Crippen LogP contribution in [0.5, 0.6) is 0 Å². The highest BCUT2D eigenvalue weighted by atomic mass is 32.2. The summed E-state index contributed by atoms with van der Waals surface area (Å²) in [5.74, 6) is 1.97. The van der Waals surface area contributed by atoms with Crippen LogP contribution < -0.4 is 0 Å². The van der Waals surface area contributed by atoms with Crippen LogP contribution >= 0.6 is 11.8 Å². The number of amides is 2. The minimum Gasteiger partial charge on any atom is -0.268 e. The summed E-state index contributed by atoms with van der Waals surface area (Å²) in [5.41, 5.74) is 3.31. The second kappa shape index (κ2) is 7.59. The van der Waals surface area contributed by atoms with Crippen LogP contribution in [0.15, 0.2) is 71.8 Å². The topological polar surface area (TPSA) is 55.2 Å². The van der Waals surface area contributed by atoms with Crippen molar-refractivity contribution in [3.05, 3.63) is 77.3 Å². The normalized spacial score (nSPS) is 15.2. The molecule has 0 unspecified atom stereocenters. The number of imide groups is 1. The second-order valence-electron chi connectivity index (χ2n) is 6.05. The molecule has 0 aliphatic carbocycles. The molecule has 2 amide bonds. The summed E-state index contributed by atoms with van der Waals surface area (Å²) in [4.78, 5) is 26.0. The number of rotatable bonds is 4. The van der Waals surface area contributed by atoms with Gasteiger partial charge < -0.3 is 0 Å². The molecule has 0 radical (unpaired) electrons. The molecule has 0 N–H and O–H groups in total. The summed E-state index contributed by atoms with van der Waals surface area (Å²) >= 11 is 0.891. The van der Waals surface area contributed by atoms with Gasteiger partial charge in [-0.2, -0.15) is 5.10 Å². The lowest BCUT2D eigenvalue weighted by atomic mass is 10.1. The molecule has 1 aliphatic heterocycles. The lowest BCUT2D eigenvalue weighted by molar-refractivity contribution is -0.122. The SMILES string of the molecule is C#CCN1C(=O)S/C(=C\c2cn(-c3ccccc3)nc2-c2ccccc2)C1=O. The highest BCUT2D eigenvalue weighted by Gasteiger charge is 2.34. The van der Waals surface area contributed by atoms with Gasteiger partial charge in [0.1, 0.15) is 0 Å². The van der Waals surface area contributed by atoms with Gasteiger partial charge >= 0.3 is 0 Å². The smallest absolute Gasteiger partial charge is 0.268 e. The zero-order valence-electron chi connectivity index (χ0n) is 14.8. The maximum atomic E-state index is 12.5. The predicted molar refractivity (Wildman–Crippen MR) is 111 cm³/mol. The minimum atomic E-state index is -0.376. The molecular weight excluding hydrogens is 370 g/mol. The zero-order valence-corrected chi connectivity index (χ0v) is 15.6. The summed E-state index contributed by atoms with van der Waals surface area (Å²) in [7, 11) is 0. The number of thioether (sulfide) groups is 1. The standard InChI is InChI=1S/C22H15N3O2S/c1-2-13-24-21(26)19(28-22(24)27)14-17-15-25(18-11-7-4-8-12-18)23-20(17)16-9-5-3-6-10-16/h1,3-12,14-15H,13H2/b19-14-. The van der Waals surface area contributed by atoms with E-state index in [1.807, 2.05) is 66.9 Å². The summed E-state index contributed by atoms with van der Waals surface area (Å²) in [6.07, 6.45) is 8.82. The fraction of sp³-hybridized carbons (Fsp3) is 0.0455. The average molecular weight is 385 g/mol. The van der Waals surface area contributed by atoms with Crippen molar-refractivity contribution in [2.24, 2.45) is 0 Å². The van der Waals surface area contributed by atoms with Crippen LogP contribution in [0.4, 0.5) is 4.79 Å². The van der Waals surface area contributed by atoms with E-state index >= 15 is 0 Å². The molecule has 1 fully saturated rings. The Bertz CT molecular complexity index is 1110. The van der Waals surface area contributed by atoms with E-state index in [4.69, 9.17) is 11.5 Å². The van der Waals surface area contributed by atoms with Gasteiger partial charge in [0.05, 0.1) is 22.8 Å². The molecule has 1 aliphatic rings. The number of carbonyl (C=O) groups excluding carboxylic acids is 2. The van der Waals surface area contributed by atoms with Gasteiger partial charge in [-0.05, 0) is 30.0 Å². The van der Waals surface area contributed by atoms with E-state index in [1.165, 1.54) is 0 Å². The first-order chi connectivity index (χ1) is 13.7. The van der Waals surface area contributed by atoms with Crippen molar-refractivity contribution in [3.8, 4) is 29.3 Å². The van der Waals surface area contributed by atoms with Crippen molar-refractivity contribution >= 4 is 29.0 Å².